The Hall–Kier alpha value is -1.75. The molecule has 5 heteroatoms. The maximum Gasteiger partial charge on any atom is 0.326 e. The molecule has 90 valence electrons. The number of rotatable bonds is 1. The van der Waals surface area contributed by atoms with Crippen molar-refractivity contribution in [1.82, 2.24) is 9.55 Å². The molecule has 0 saturated carbocycles. The van der Waals surface area contributed by atoms with Gasteiger partial charge in [-0.05, 0) is 25.0 Å². The lowest BCUT2D eigenvalue weighted by Crippen LogP contribution is -2.27. The average Bonchev–Trinajstić information content (AvgIpc) is 2.65. The van der Waals surface area contributed by atoms with E-state index in [9.17, 15) is 9.90 Å². The SMILES string of the molecule is O=c1[nH]c2cc(O)ccc2n1C1CCOCC1. The predicted octanol–water partition coefficient (Wildman–Crippen LogP) is 1.39. The number of nitrogens with zero attached hydrogens (tertiary/aromatic N) is 1. The van der Waals surface area contributed by atoms with Crippen LogP contribution in [0.5, 0.6) is 5.75 Å². The van der Waals surface area contributed by atoms with Crippen molar-refractivity contribution >= 4 is 11.0 Å². The van der Waals surface area contributed by atoms with Gasteiger partial charge in [0.05, 0.1) is 11.0 Å². The number of aromatic hydroxyl groups is 1. The third-order valence-corrected chi connectivity index (χ3v) is 3.26. The molecule has 0 atom stereocenters. The second kappa shape index (κ2) is 3.92. The third kappa shape index (κ3) is 1.72. The third-order valence-electron chi connectivity index (χ3n) is 3.26. The number of phenols is 1. The second-order valence-corrected chi connectivity index (χ2v) is 4.35. The molecule has 3 rings (SSSR count). The van der Waals surface area contributed by atoms with Gasteiger partial charge in [0.15, 0.2) is 0 Å². The maximum absolute atomic E-state index is 11.9. The minimum atomic E-state index is -0.113. The summed E-state index contributed by atoms with van der Waals surface area (Å²) >= 11 is 0. The molecule has 0 radical (unpaired) electrons. The zero-order chi connectivity index (χ0) is 11.8. The van der Waals surface area contributed by atoms with E-state index in [0.717, 1.165) is 18.4 Å². The van der Waals surface area contributed by atoms with Crippen LogP contribution in [0, 0.1) is 0 Å². The van der Waals surface area contributed by atoms with Crippen molar-refractivity contribution in [1.29, 1.82) is 0 Å². The van der Waals surface area contributed by atoms with E-state index in [0.29, 0.717) is 18.7 Å². The van der Waals surface area contributed by atoms with Crippen LogP contribution in [0.1, 0.15) is 18.9 Å². The highest BCUT2D eigenvalue weighted by Crippen LogP contribution is 2.25. The van der Waals surface area contributed by atoms with Crippen LogP contribution in [0.3, 0.4) is 0 Å². The Bertz CT molecular complexity index is 593. The Morgan fingerprint density at radius 1 is 1.35 bits per heavy atom. The van der Waals surface area contributed by atoms with Crippen molar-refractivity contribution in [3.63, 3.8) is 0 Å². The lowest BCUT2D eigenvalue weighted by molar-refractivity contribution is 0.0698. The molecule has 0 amide bonds. The molecule has 0 bridgehead atoms. The van der Waals surface area contributed by atoms with Crippen LogP contribution in [-0.4, -0.2) is 27.9 Å². The van der Waals surface area contributed by atoms with Crippen LogP contribution in [0.15, 0.2) is 23.0 Å². The number of fused-ring (bicyclic) bond motifs is 1. The van der Waals surface area contributed by atoms with Gasteiger partial charge in [-0.15, -0.1) is 0 Å². The molecule has 17 heavy (non-hydrogen) atoms. The van der Waals surface area contributed by atoms with Gasteiger partial charge in [-0.2, -0.15) is 0 Å². The number of benzene rings is 1. The molecule has 2 N–H and O–H groups in total. The van der Waals surface area contributed by atoms with Gasteiger partial charge in [0.25, 0.3) is 0 Å². The van der Waals surface area contributed by atoms with Gasteiger partial charge >= 0.3 is 5.69 Å². The fourth-order valence-corrected chi connectivity index (χ4v) is 2.42. The standard InChI is InChI=1S/C12H14N2O3/c15-9-1-2-11-10(7-9)13-12(16)14(11)8-3-5-17-6-4-8/h1-2,7-8,15H,3-6H2,(H,13,16). The van der Waals surface area contributed by atoms with Crippen LogP contribution in [0.25, 0.3) is 11.0 Å². The van der Waals surface area contributed by atoms with Crippen LogP contribution < -0.4 is 5.69 Å². The number of hydrogen-bond donors (Lipinski definition) is 2. The van der Waals surface area contributed by atoms with E-state index < -0.39 is 0 Å². The number of aromatic amines is 1. The first-order valence-corrected chi connectivity index (χ1v) is 5.77. The summed E-state index contributed by atoms with van der Waals surface area (Å²) in [5.41, 5.74) is 1.42. The number of H-pyrrole nitrogens is 1. The zero-order valence-electron chi connectivity index (χ0n) is 9.35. The number of nitrogens with one attached hydrogen (secondary N) is 1. The zero-order valence-corrected chi connectivity index (χ0v) is 9.35. The van der Waals surface area contributed by atoms with E-state index in [2.05, 4.69) is 4.98 Å². The fourth-order valence-electron chi connectivity index (χ4n) is 2.42. The molecule has 2 aromatic rings. The highest BCUT2D eigenvalue weighted by atomic mass is 16.5. The highest BCUT2D eigenvalue weighted by molar-refractivity contribution is 5.77. The lowest BCUT2D eigenvalue weighted by atomic mass is 10.1. The molecule has 5 nitrogen and oxygen atoms in total. The van der Waals surface area contributed by atoms with Gasteiger partial charge in [-0.3, -0.25) is 4.57 Å². The van der Waals surface area contributed by atoms with Crippen molar-refractivity contribution in [3.8, 4) is 5.75 Å². The van der Waals surface area contributed by atoms with Crippen molar-refractivity contribution in [3.05, 3.63) is 28.7 Å². The van der Waals surface area contributed by atoms with Crippen molar-refractivity contribution in [2.75, 3.05) is 13.2 Å². The van der Waals surface area contributed by atoms with E-state index in [-0.39, 0.29) is 17.5 Å². The van der Waals surface area contributed by atoms with E-state index >= 15 is 0 Å². The normalized spacial score (nSPS) is 17.6. The van der Waals surface area contributed by atoms with E-state index in [4.69, 9.17) is 4.74 Å². The largest absolute Gasteiger partial charge is 0.508 e. The lowest BCUT2D eigenvalue weighted by Gasteiger charge is -2.23. The summed E-state index contributed by atoms with van der Waals surface area (Å²) in [6, 6.07) is 5.14. The molecule has 1 fully saturated rings. The first-order chi connectivity index (χ1) is 8.25. The minimum Gasteiger partial charge on any atom is -0.508 e. The van der Waals surface area contributed by atoms with Gasteiger partial charge in [-0.25, -0.2) is 4.79 Å². The van der Waals surface area contributed by atoms with Crippen LogP contribution in [0.2, 0.25) is 0 Å². The van der Waals surface area contributed by atoms with Crippen LogP contribution in [-0.2, 0) is 4.74 Å². The minimum absolute atomic E-state index is 0.113. The fraction of sp³-hybridized carbons (Fsp3) is 0.417. The molecular weight excluding hydrogens is 220 g/mol. The van der Waals surface area contributed by atoms with Crippen molar-refractivity contribution in [2.45, 2.75) is 18.9 Å². The number of imidazole rings is 1. The summed E-state index contributed by atoms with van der Waals surface area (Å²) in [4.78, 5) is 14.7. The molecule has 1 aromatic carbocycles. The molecule has 2 heterocycles. The van der Waals surface area contributed by atoms with Gasteiger partial charge in [0, 0.05) is 25.3 Å². The van der Waals surface area contributed by atoms with Gasteiger partial charge < -0.3 is 14.8 Å². The Labute approximate surface area is 97.6 Å². The maximum atomic E-state index is 11.9. The summed E-state index contributed by atoms with van der Waals surface area (Å²) in [6.45, 7) is 1.39. The van der Waals surface area contributed by atoms with E-state index in [1.165, 1.54) is 0 Å². The summed E-state index contributed by atoms with van der Waals surface area (Å²) < 4.78 is 7.08. The molecule has 1 aromatic heterocycles. The Balaban J connectivity index is 2.14. The van der Waals surface area contributed by atoms with Crippen molar-refractivity contribution < 1.29 is 9.84 Å². The van der Waals surface area contributed by atoms with Gasteiger partial charge in [0.2, 0.25) is 0 Å². The second-order valence-electron chi connectivity index (χ2n) is 4.35. The molecule has 0 spiro atoms. The summed E-state index contributed by atoms with van der Waals surface area (Å²) in [5, 5.41) is 9.39. The summed E-state index contributed by atoms with van der Waals surface area (Å²) in [5.74, 6) is 0.165. The molecule has 0 unspecified atom stereocenters. The Morgan fingerprint density at radius 3 is 2.88 bits per heavy atom. The molecule has 1 aliphatic heterocycles. The number of aromatic nitrogens is 2. The highest BCUT2D eigenvalue weighted by Gasteiger charge is 2.20. The monoisotopic (exact) mass is 234 g/mol. The molecular formula is C12H14N2O3. The van der Waals surface area contributed by atoms with Gasteiger partial charge in [0.1, 0.15) is 5.75 Å². The quantitative estimate of drug-likeness (QED) is 0.783. The Kier molecular flexibility index (Phi) is 2.40. The number of ether oxygens (including phenoxy) is 1. The first-order valence-electron chi connectivity index (χ1n) is 5.77. The molecule has 1 aliphatic rings. The number of hydrogen-bond acceptors (Lipinski definition) is 3. The summed E-state index contributed by atoms with van der Waals surface area (Å²) in [6.07, 6.45) is 1.71. The van der Waals surface area contributed by atoms with E-state index in [1.807, 2.05) is 0 Å². The van der Waals surface area contributed by atoms with Crippen LogP contribution >= 0.6 is 0 Å². The topological polar surface area (TPSA) is 67.2 Å². The first kappa shape index (κ1) is 10.4. The van der Waals surface area contributed by atoms with Crippen LogP contribution in [0.4, 0.5) is 0 Å². The van der Waals surface area contributed by atoms with Gasteiger partial charge in [-0.1, -0.05) is 0 Å². The Morgan fingerprint density at radius 2 is 2.12 bits per heavy atom. The van der Waals surface area contributed by atoms with Crippen molar-refractivity contribution in [2.24, 2.45) is 0 Å². The number of phenolic OH excluding ortho intramolecular Hbond substituents is 1. The predicted molar refractivity (Wildman–Crippen MR) is 63.3 cm³/mol. The van der Waals surface area contributed by atoms with E-state index in [1.54, 1.807) is 22.8 Å². The summed E-state index contributed by atoms with van der Waals surface area (Å²) in [7, 11) is 0. The average molecular weight is 234 g/mol. The smallest absolute Gasteiger partial charge is 0.326 e. The molecule has 1 saturated heterocycles. The molecule has 0 aliphatic carbocycles.